The molecular weight excluding hydrogens is 222 g/mol. The van der Waals surface area contributed by atoms with Crippen LogP contribution in [0.5, 0.6) is 5.75 Å². The van der Waals surface area contributed by atoms with Gasteiger partial charge in [0, 0.05) is 11.6 Å². The quantitative estimate of drug-likeness (QED) is 0.786. The van der Waals surface area contributed by atoms with Gasteiger partial charge in [0.25, 0.3) is 0 Å². The van der Waals surface area contributed by atoms with Crippen molar-refractivity contribution < 1.29 is 4.74 Å². The molecule has 0 aromatic heterocycles. The summed E-state index contributed by atoms with van der Waals surface area (Å²) in [6, 6.07) is 6.83. The Morgan fingerprint density at radius 1 is 1.22 bits per heavy atom. The Labute approximate surface area is 112 Å². The van der Waals surface area contributed by atoms with Gasteiger partial charge in [0.1, 0.15) is 5.75 Å². The minimum absolute atomic E-state index is 0.383. The Kier molecular flexibility index (Phi) is 6.20. The van der Waals surface area contributed by atoms with Gasteiger partial charge in [-0.15, -0.1) is 0 Å². The molecule has 102 valence electrons. The molecule has 0 aliphatic heterocycles. The molecule has 1 aromatic rings. The zero-order valence-corrected chi connectivity index (χ0v) is 12.4. The summed E-state index contributed by atoms with van der Waals surface area (Å²) in [5.41, 5.74) is 2.58. The van der Waals surface area contributed by atoms with Crippen LogP contribution < -0.4 is 10.1 Å². The lowest BCUT2D eigenvalue weighted by Gasteiger charge is -2.21. The van der Waals surface area contributed by atoms with Gasteiger partial charge in [0.15, 0.2) is 0 Å². The summed E-state index contributed by atoms with van der Waals surface area (Å²) in [5, 5.41) is 3.42. The minimum Gasteiger partial charge on any atom is -0.494 e. The number of hydrogen-bond donors (Lipinski definition) is 1. The van der Waals surface area contributed by atoms with E-state index in [1.54, 1.807) is 0 Å². The van der Waals surface area contributed by atoms with E-state index in [4.69, 9.17) is 4.74 Å². The second kappa shape index (κ2) is 7.42. The van der Waals surface area contributed by atoms with Gasteiger partial charge in [-0.05, 0) is 45.7 Å². The van der Waals surface area contributed by atoms with Gasteiger partial charge in [-0.2, -0.15) is 0 Å². The highest BCUT2D eigenvalue weighted by molar-refractivity contribution is 5.39. The molecule has 2 nitrogen and oxygen atoms in total. The number of nitrogens with one attached hydrogen (secondary N) is 1. The third-order valence-electron chi connectivity index (χ3n) is 3.22. The molecule has 1 rings (SSSR count). The maximum atomic E-state index is 5.74. The first-order chi connectivity index (χ1) is 8.58. The summed E-state index contributed by atoms with van der Waals surface area (Å²) in [4.78, 5) is 0. The maximum Gasteiger partial charge on any atom is 0.124 e. The molecule has 0 heterocycles. The van der Waals surface area contributed by atoms with E-state index < -0.39 is 0 Å². The lowest BCUT2D eigenvalue weighted by Crippen LogP contribution is -2.18. The summed E-state index contributed by atoms with van der Waals surface area (Å²) in [6.45, 7) is 9.43. The van der Waals surface area contributed by atoms with Crippen LogP contribution in [-0.2, 0) is 0 Å². The van der Waals surface area contributed by atoms with Crippen LogP contribution in [-0.4, -0.2) is 13.7 Å². The largest absolute Gasteiger partial charge is 0.494 e. The van der Waals surface area contributed by atoms with Crippen LogP contribution in [0, 0.1) is 12.8 Å². The fraction of sp³-hybridized carbons (Fsp3) is 0.625. The third kappa shape index (κ3) is 4.34. The molecular formula is C16H27NO. The van der Waals surface area contributed by atoms with Crippen molar-refractivity contribution in [2.75, 3.05) is 13.7 Å². The first-order valence-corrected chi connectivity index (χ1v) is 6.99. The monoisotopic (exact) mass is 249 g/mol. The number of rotatable bonds is 7. The zero-order chi connectivity index (χ0) is 13.5. The van der Waals surface area contributed by atoms with Crippen molar-refractivity contribution >= 4 is 0 Å². The normalized spacial score (nSPS) is 12.8. The molecule has 0 aliphatic carbocycles. The summed E-state index contributed by atoms with van der Waals surface area (Å²) >= 11 is 0. The SMILES string of the molecule is CCOc1ccc(C)cc1C(CCC(C)C)NC. The lowest BCUT2D eigenvalue weighted by molar-refractivity contribution is 0.329. The molecule has 0 radical (unpaired) electrons. The summed E-state index contributed by atoms with van der Waals surface area (Å²) in [5.74, 6) is 1.76. The second-order valence-electron chi connectivity index (χ2n) is 5.29. The number of benzene rings is 1. The van der Waals surface area contributed by atoms with Crippen LogP contribution in [0.25, 0.3) is 0 Å². The Morgan fingerprint density at radius 3 is 2.50 bits per heavy atom. The van der Waals surface area contributed by atoms with Gasteiger partial charge in [-0.1, -0.05) is 31.5 Å². The molecule has 1 atom stereocenters. The smallest absolute Gasteiger partial charge is 0.124 e. The van der Waals surface area contributed by atoms with Crippen molar-refractivity contribution in [3.8, 4) is 5.75 Å². The highest BCUT2D eigenvalue weighted by Crippen LogP contribution is 2.30. The topological polar surface area (TPSA) is 21.3 Å². The summed E-state index contributed by atoms with van der Waals surface area (Å²) < 4.78 is 5.74. The van der Waals surface area contributed by atoms with Crippen molar-refractivity contribution in [2.24, 2.45) is 5.92 Å². The molecule has 1 unspecified atom stereocenters. The van der Waals surface area contributed by atoms with E-state index in [2.05, 4.69) is 44.3 Å². The predicted octanol–water partition coefficient (Wildman–Crippen LogP) is 4.09. The Balaban J connectivity index is 2.91. The predicted molar refractivity (Wildman–Crippen MR) is 78.2 cm³/mol. The van der Waals surface area contributed by atoms with E-state index in [0.717, 1.165) is 24.7 Å². The first kappa shape index (κ1) is 15.0. The molecule has 0 aliphatic rings. The zero-order valence-electron chi connectivity index (χ0n) is 12.4. The Hall–Kier alpha value is -1.02. The first-order valence-electron chi connectivity index (χ1n) is 6.99. The molecule has 0 spiro atoms. The molecule has 1 aromatic carbocycles. The van der Waals surface area contributed by atoms with Crippen LogP contribution in [0.1, 0.15) is 50.8 Å². The van der Waals surface area contributed by atoms with Gasteiger partial charge >= 0.3 is 0 Å². The van der Waals surface area contributed by atoms with Crippen LogP contribution in [0.3, 0.4) is 0 Å². The maximum absolute atomic E-state index is 5.74. The Morgan fingerprint density at radius 2 is 1.94 bits per heavy atom. The van der Waals surface area contributed by atoms with Crippen LogP contribution >= 0.6 is 0 Å². The van der Waals surface area contributed by atoms with Gasteiger partial charge in [0.2, 0.25) is 0 Å². The Bertz CT molecular complexity index is 360. The van der Waals surface area contributed by atoms with Crippen molar-refractivity contribution in [1.82, 2.24) is 5.32 Å². The number of aryl methyl sites for hydroxylation is 1. The van der Waals surface area contributed by atoms with Crippen molar-refractivity contribution in [3.05, 3.63) is 29.3 Å². The third-order valence-corrected chi connectivity index (χ3v) is 3.22. The van der Waals surface area contributed by atoms with Crippen LogP contribution in [0.2, 0.25) is 0 Å². The minimum atomic E-state index is 0.383. The molecule has 0 saturated carbocycles. The van der Waals surface area contributed by atoms with Crippen LogP contribution in [0.4, 0.5) is 0 Å². The van der Waals surface area contributed by atoms with E-state index in [1.165, 1.54) is 17.5 Å². The van der Waals surface area contributed by atoms with E-state index in [0.29, 0.717) is 6.04 Å². The second-order valence-corrected chi connectivity index (χ2v) is 5.29. The van der Waals surface area contributed by atoms with Crippen molar-refractivity contribution in [3.63, 3.8) is 0 Å². The van der Waals surface area contributed by atoms with Gasteiger partial charge in [-0.3, -0.25) is 0 Å². The number of ether oxygens (including phenoxy) is 1. The van der Waals surface area contributed by atoms with E-state index in [1.807, 2.05) is 14.0 Å². The molecule has 2 heteroatoms. The molecule has 0 amide bonds. The summed E-state index contributed by atoms with van der Waals surface area (Å²) in [6.07, 6.45) is 2.38. The summed E-state index contributed by atoms with van der Waals surface area (Å²) in [7, 11) is 2.03. The molecule has 0 fully saturated rings. The molecule has 0 saturated heterocycles. The van der Waals surface area contributed by atoms with Crippen LogP contribution in [0.15, 0.2) is 18.2 Å². The highest BCUT2D eigenvalue weighted by atomic mass is 16.5. The number of hydrogen-bond acceptors (Lipinski definition) is 2. The molecule has 18 heavy (non-hydrogen) atoms. The fourth-order valence-electron chi connectivity index (χ4n) is 2.18. The van der Waals surface area contributed by atoms with E-state index in [9.17, 15) is 0 Å². The van der Waals surface area contributed by atoms with Gasteiger partial charge < -0.3 is 10.1 Å². The highest BCUT2D eigenvalue weighted by Gasteiger charge is 2.15. The lowest BCUT2D eigenvalue weighted by atomic mass is 9.96. The molecule has 0 bridgehead atoms. The fourth-order valence-corrected chi connectivity index (χ4v) is 2.18. The van der Waals surface area contributed by atoms with E-state index >= 15 is 0 Å². The van der Waals surface area contributed by atoms with Crippen molar-refractivity contribution in [1.29, 1.82) is 0 Å². The molecule has 1 N–H and O–H groups in total. The standard InChI is InChI=1S/C16H27NO/c1-6-18-16-10-8-13(4)11-14(16)15(17-5)9-7-12(2)3/h8,10-12,15,17H,6-7,9H2,1-5H3. The average Bonchev–Trinajstić information content (AvgIpc) is 2.33. The average molecular weight is 249 g/mol. The van der Waals surface area contributed by atoms with Crippen molar-refractivity contribution in [2.45, 2.75) is 46.6 Å². The van der Waals surface area contributed by atoms with E-state index in [-0.39, 0.29) is 0 Å². The van der Waals surface area contributed by atoms with Gasteiger partial charge in [-0.25, -0.2) is 0 Å². The van der Waals surface area contributed by atoms with Gasteiger partial charge in [0.05, 0.1) is 6.61 Å².